The van der Waals surface area contributed by atoms with Gasteiger partial charge in [-0.25, -0.2) is 4.79 Å². The summed E-state index contributed by atoms with van der Waals surface area (Å²) in [5.74, 6) is -0.444. The molecule has 1 amide bonds. The highest BCUT2D eigenvalue weighted by Gasteiger charge is 2.11. The monoisotopic (exact) mass is 371 g/mol. The number of hydrogen-bond acceptors (Lipinski definition) is 6. The van der Waals surface area contributed by atoms with Gasteiger partial charge < -0.3 is 10.1 Å². The van der Waals surface area contributed by atoms with Gasteiger partial charge in [0.1, 0.15) is 6.54 Å². The lowest BCUT2D eigenvalue weighted by Gasteiger charge is -2.06. The first-order chi connectivity index (χ1) is 12.5. The molecule has 0 unspecified atom stereocenters. The van der Waals surface area contributed by atoms with Crippen molar-refractivity contribution in [1.82, 2.24) is 20.2 Å². The predicted octanol–water partition coefficient (Wildman–Crippen LogP) is 2.42. The molecule has 0 aliphatic heterocycles. The second-order valence-corrected chi connectivity index (χ2v) is 5.71. The standard InChI is InChI=1S/C17H14ClN5O3/c1-26-17(25)12-3-2-4-14(9-12)19-15(24)10-23-21-16(20-22-23)11-5-7-13(18)8-6-11/h2-9H,10H2,1H3,(H,19,24). The molecule has 0 radical (unpaired) electrons. The zero-order valence-electron chi connectivity index (χ0n) is 13.7. The third-order valence-electron chi connectivity index (χ3n) is 3.41. The number of aromatic nitrogens is 4. The molecule has 132 valence electrons. The Morgan fingerprint density at radius 2 is 1.96 bits per heavy atom. The highest BCUT2D eigenvalue weighted by molar-refractivity contribution is 6.30. The van der Waals surface area contributed by atoms with Crippen LogP contribution in [0.4, 0.5) is 5.69 Å². The average molecular weight is 372 g/mol. The number of tetrazole rings is 1. The van der Waals surface area contributed by atoms with E-state index in [0.29, 0.717) is 22.1 Å². The summed E-state index contributed by atoms with van der Waals surface area (Å²) < 4.78 is 4.65. The second-order valence-electron chi connectivity index (χ2n) is 5.27. The molecule has 2 aromatic carbocycles. The third kappa shape index (κ3) is 4.22. The molecule has 1 aromatic heterocycles. The van der Waals surface area contributed by atoms with Crippen LogP contribution in [0.1, 0.15) is 10.4 Å². The van der Waals surface area contributed by atoms with Crippen LogP contribution in [0.15, 0.2) is 48.5 Å². The molecule has 0 spiro atoms. The highest BCUT2D eigenvalue weighted by Crippen LogP contribution is 2.17. The Morgan fingerprint density at radius 1 is 1.19 bits per heavy atom. The van der Waals surface area contributed by atoms with Gasteiger partial charge in [-0.15, -0.1) is 10.2 Å². The van der Waals surface area contributed by atoms with Gasteiger partial charge in [-0.05, 0) is 47.7 Å². The van der Waals surface area contributed by atoms with Crippen molar-refractivity contribution in [2.24, 2.45) is 0 Å². The van der Waals surface area contributed by atoms with E-state index in [0.717, 1.165) is 5.56 Å². The minimum absolute atomic E-state index is 0.122. The topological polar surface area (TPSA) is 99.0 Å². The van der Waals surface area contributed by atoms with Gasteiger partial charge in [0.2, 0.25) is 11.7 Å². The fourth-order valence-electron chi connectivity index (χ4n) is 2.20. The van der Waals surface area contributed by atoms with E-state index < -0.39 is 5.97 Å². The molecule has 0 fully saturated rings. The smallest absolute Gasteiger partial charge is 0.337 e. The summed E-state index contributed by atoms with van der Waals surface area (Å²) in [6.45, 7) is -0.122. The Hall–Kier alpha value is -3.26. The lowest BCUT2D eigenvalue weighted by molar-refractivity contribution is -0.117. The largest absolute Gasteiger partial charge is 0.465 e. The minimum atomic E-state index is -0.480. The molecule has 0 atom stereocenters. The second kappa shape index (κ2) is 7.75. The number of ether oxygens (including phenoxy) is 1. The summed E-state index contributed by atoms with van der Waals surface area (Å²) in [7, 11) is 1.29. The van der Waals surface area contributed by atoms with E-state index in [-0.39, 0.29) is 12.5 Å². The van der Waals surface area contributed by atoms with E-state index in [1.807, 2.05) is 0 Å². The zero-order chi connectivity index (χ0) is 18.5. The molecular weight excluding hydrogens is 358 g/mol. The average Bonchev–Trinajstić information content (AvgIpc) is 3.10. The Balaban J connectivity index is 1.65. The number of benzene rings is 2. The normalized spacial score (nSPS) is 10.4. The van der Waals surface area contributed by atoms with Crippen LogP contribution in [0.2, 0.25) is 5.02 Å². The molecule has 0 saturated heterocycles. The van der Waals surface area contributed by atoms with Gasteiger partial charge in [0.25, 0.3) is 0 Å². The van der Waals surface area contributed by atoms with Crippen LogP contribution in [-0.2, 0) is 16.1 Å². The first kappa shape index (κ1) is 17.6. The molecule has 1 N–H and O–H groups in total. The van der Waals surface area contributed by atoms with Gasteiger partial charge in [0, 0.05) is 16.3 Å². The first-order valence-electron chi connectivity index (χ1n) is 7.57. The fourth-order valence-corrected chi connectivity index (χ4v) is 2.32. The summed E-state index contributed by atoms with van der Waals surface area (Å²) in [4.78, 5) is 24.9. The number of carbonyl (C=O) groups excluding carboxylic acids is 2. The fraction of sp³-hybridized carbons (Fsp3) is 0.118. The van der Waals surface area contributed by atoms with Crippen molar-refractivity contribution < 1.29 is 14.3 Å². The summed E-state index contributed by atoms with van der Waals surface area (Å²) in [6.07, 6.45) is 0. The van der Waals surface area contributed by atoms with Crippen molar-refractivity contribution in [1.29, 1.82) is 0 Å². The maximum atomic E-state index is 12.1. The van der Waals surface area contributed by atoms with E-state index in [4.69, 9.17) is 11.6 Å². The van der Waals surface area contributed by atoms with Crippen molar-refractivity contribution in [3.05, 3.63) is 59.1 Å². The molecular formula is C17H14ClN5O3. The molecule has 0 aliphatic carbocycles. The molecule has 8 nitrogen and oxygen atoms in total. The number of amides is 1. The molecule has 3 rings (SSSR count). The van der Waals surface area contributed by atoms with Gasteiger partial charge in [-0.1, -0.05) is 17.7 Å². The van der Waals surface area contributed by atoms with E-state index in [1.165, 1.54) is 18.0 Å². The van der Waals surface area contributed by atoms with Crippen LogP contribution < -0.4 is 5.32 Å². The number of rotatable bonds is 5. The number of carbonyl (C=O) groups is 2. The van der Waals surface area contributed by atoms with E-state index >= 15 is 0 Å². The number of halogens is 1. The van der Waals surface area contributed by atoms with Gasteiger partial charge in [-0.2, -0.15) is 4.80 Å². The Kier molecular flexibility index (Phi) is 5.23. The van der Waals surface area contributed by atoms with Crippen molar-refractivity contribution in [2.45, 2.75) is 6.54 Å². The minimum Gasteiger partial charge on any atom is -0.465 e. The first-order valence-corrected chi connectivity index (χ1v) is 7.95. The Labute approximate surface area is 153 Å². The highest BCUT2D eigenvalue weighted by atomic mass is 35.5. The van der Waals surface area contributed by atoms with E-state index in [9.17, 15) is 9.59 Å². The van der Waals surface area contributed by atoms with Crippen molar-refractivity contribution in [3.63, 3.8) is 0 Å². The Morgan fingerprint density at radius 3 is 2.69 bits per heavy atom. The third-order valence-corrected chi connectivity index (χ3v) is 3.66. The number of methoxy groups -OCH3 is 1. The number of anilines is 1. The van der Waals surface area contributed by atoms with Gasteiger partial charge in [0.05, 0.1) is 12.7 Å². The van der Waals surface area contributed by atoms with Crippen molar-refractivity contribution in [3.8, 4) is 11.4 Å². The van der Waals surface area contributed by atoms with Gasteiger partial charge >= 0.3 is 5.97 Å². The van der Waals surface area contributed by atoms with Gasteiger partial charge in [0.15, 0.2) is 0 Å². The number of nitrogens with one attached hydrogen (secondary N) is 1. The van der Waals surface area contributed by atoms with Crippen molar-refractivity contribution >= 4 is 29.2 Å². The maximum Gasteiger partial charge on any atom is 0.337 e. The van der Waals surface area contributed by atoms with Crippen LogP contribution in [0.5, 0.6) is 0 Å². The summed E-state index contributed by atoms with van der Waals surface area (Å²) in [5.41, 5.74) is 1.55. The SMILES string of the molecule is COC(=O)c1cccc(NC(=O)Cn2nnc(-c3ccc(Cl)cc3)n2)c1. The number of hydrogen-bond donors (Lipinski definition) is 1. The molecule has 0 saturated carbocycles. The predicted molar refractivity (Wildman–Crippen MR) is 94.7 cm³/mol. The maximum absolute atomic E-state index is 12.1. The van der Waals surface area contributed by atoms with Crippen LogP contribution >= 0.6 is 11.6 Å². The van der Waals surface area contributed by atoms with Gasteiger partial charge in [-0.3, -0.25) is 4.79 Å². The molecule has 0 bridgehead atoms. The van der Waals surface area contributed by atoms with Crippen LogP contribution in [0, 0.1) is 0 Å². The molecule has 26 heavy (non-hydrogen) atoms. The number of esters is 1. The summed E-state index contributed by atoms with van der Waals surface area (Å²) in [6, 6.07) is 13.4. The summed E-state index contributed by atoms with van der Waals surface area (Å²) in [5, 5.41) is 15.2. The van der Waals surface area contributed by atoms with Crippen molar-refractivity contribution in [2.75, 3.05) is 12.4 Å². The molecule has 1 heterocycles. The molecule has 3 aromatic rings. The quantitative estimate of drug-likeness (QED) is 0.691. The van der Waals surface area contributed by atoms with Crippen LogP contribution in [0.3, 0.4) is 0 Å². The van der Waals surface area contributed by atoms with Crippen LogP contribution in [-0.4, -0.2) is 39.2 Å². The van der Waals surface area contributed by atoms with Crippen LogP contribution in [0.25, 0.3) is 11.4 Å². The zero-order valence-corrected chi connectivity index (χ0v) is 14.5. The molecule has 0 aliphatic rings. The molecule has 9 heteroatoms. The lowest BCUT2D eigenvalue weighted by Crippen LogP contribution is -2.20. The lowest BCUT2D eigenvalue weighted by atomic mass is 10.2. The number of nitrogens with zero attached hydrogens (tertiary/aromatic N) is 4. The summed E-state index contributed by atoms with van der Waals surface area (Å²) >= 11 is 5.85. The van der Waals surface area contributed by atoms with E-state index in [1.54, 1.807) is 42.5 Å². The Bertz CT molecular complexity index is 940. The van der Waals surface area contributed by atoms with E-state index in [2.05, 4.69) is 25.5 Å².